The Balaban J connectivity index is 1.61. The number of hydrogen-bond donors (Lipinski definition) is 3. The molecule has 3 aromatic heterocycles. The standard InChI is InChI=1S/C22H22N6O5S/c1-2-3-9-33-22(31)24-13-14-12-16(27-26-14)18-19(28-7-10-32-11-8-28)25-20(34-18)15-5-4-6-23-17(15)21(29)30/h4-6,12H,7-11,13H2,1H3,(H,24,31)(H,26,27)(H,29,30). The van der Waals surface area contributed by atoms with Crippen molar-refractivity contribution in [3.63, 3.8) is 0 Å². The molecule has 12 heteroatoms. The van der Waals surface area contributed by atoms with E-state index in [4.69, 9.17) is 14.5 Å². The van der Waals surface area contributed by atoms with Crippen LogP contribution in [0, 0.1) is 11.8 Å². The lowest BCUT2D eigenvalue weighted by atomic mass is 10.2. The first-order valence-electron chi connectivity index (χ1n) is 10.4. The number of carboxylic acid groups (broad SMARTS) is 1. The highest BCUT2D eigenvalue weighted by atomic mass is 32.1. The van der Waals surface area contributed by atoms with E-state index in [1.807, 2.05) is 6.07 Å². The zero-order valence-electron chi connectivity index (χ0n) is 18.3. The van der Waals surface area contributed by atoms with Crippen LogP contribution in [0.1, 0.15) is 23.1 Å². The zero-order chi connectivity index (χ0) is 23.9. The number of aromatic amines is 1. The molecule has 0 saturated carbocycles. The monoisotopic (exact) mass is 482 g/mol. The van der Waals surface area contributed by atoms with Crippen molar-refractivity contribution in [2.45, 2.75) is 13.5 Å². The molecule has 1 amide bonds. The summed E-state index contributed by atoms with van der Waals surface area (Å²) in [5.41, 5.74) is 1.68. The molecule has 0 aromatic carbocycles. The fourth-order valence-electron chi connectivity index (χ4n) is 3.29. The topological polar surface area (TPSA) is 143 Å². The van der Waals surface area contributed by atoms with E-state index in [1.165, 1.54) is 17.5 Å². The van der Waals surface area contributed by atoms with Crippen molar-refractivity contribution in [2.75, 3.05) is 37.8 Å². The number of alkyl carbamates (subject to hydrolysis) is 1. The number of carbonyl (C=O) groups is 2. The first-order chi connectivity index (χ1) is 16.6. The van der Waals surface area contributed by atoms with Gasteiger partial charge in [-0.1, -0.05) is 5.92 Å². The number of aromatic carboxylic acids is 1. The maximum absolute atomic E-state index is 11.8. The zero-order valence-corrected chi connectivity index (χ0v) is 19.1. The number of thiazole rings is 1. The van der Waals surface area contributed by atoms with Crippen LogP contribution < -0.4 is 10.2 Å². The number of nitrogens with one attached hydrogen (secondary N) is 2. The summed E-state index contributed by atoms with van der Waals surface area (Å²) in [5.74, 6) is 4.88. The van der Waals surface area contributed by atoms with E-state index >= 15 is 0 Å². The molecular formula is C22H22N6O5S. The van der Waals surface area contributed by atoms with E-state index in [2.05, 4.69) is 37.2 Å². The highest BCUT2D eigenvalue weighted by Gasteiger charge is 2.25. The number of aromatic nitrogens is 4. The summed E-state index contributed by atoms with van der Waals surface area (Å²) in [7, 11) is 0. The molecule has 11 nitrogen and oxygen atoms in total. The summed E-state index contributed by atoms with van der Waals surface area (Å²) < 4.78 is 10.4. The number of morpholine rings is 1. The van der Waals surface area contributed by atoms with Crippen molar-refractivity contribution in [3.8, 4) is 33.0 Å². The number of hydrogen-bond acceptors (Lipinski definition) is 9. The van der Waals surface area contributed by atoms with Gasteiger partial charge in [0, 0.05) is 24.8 Å². The Morgan fingerprint density at radius 2 is 2.21 bits per heavy atom. The number of H-pyrrole nitrogens is 1. The number of nitrogens with zero attached hydrogens (tertiary/aromatic N) is 4. The largest absolute Gasteiger partial charge is 0.476 e. The average Bonchev–Trinajstić information content (AvgIpc) is 3.51. The van der Waals surface area contributed by atoms with Gasteiger partial charge < -0.3 is 24.8 Å². The van der Waals surface area contributed by atoms with E-state index in [1.54, 1.807) is 19.1 Å². The van der Waals surface area contributed by atoms with Gasteiger partial charge >= 0.3 is 12.1 Å². The molecule has 3 aromatic rings. The molecule has 0 bridgehead atoms. The fourth-order valence-corrected chi connectivity index (χ4v) is 4.37. The van der Waals surface area contributed by atoms with Gasteiger partial charge in [-0.25, -0.2) is 19.6 Å². The van der Waals surface area contributed by atoms with Crippen molar-refractivity contribution in [1.82, 2.24) is 25.5 Å². The Morgan fingerprint density at radius 3 is 2.97 bits per heavy atom. The summed E-state index contributed by atoms with van der Waals surface area (Å²) in [6, 6.07) is 5.19. The lowest BCUT2D eigenvalue weighted by Crippen LogP contribution is -2.36. The molecule has 1 saturated heterocycles. The predicted molar refractivity (Wildman–Crippen MR) is 125 cm³/mol. The second-order valence-corrected chi connectivity index (χ2v) is 8.11. The summed E-state index contributed by atoms with van der Waals surface area (Å²) in [4.78, 5) is 35.1. The minimum atomic E-state index is -1.12. The lowest BCUT2D eigenvalue weighted by molar-refractivity contribution is 0.0691. The first kappa shape index (κ1) is 23.2. The minimum absolute atomic E-state index is 0.0236. The van der Waals surface area contributed by atoms with Gasteiger partial charge in [0.2, 0.25) is 0 Å². The number of carbonyl (C=O) groups excluding carboxylic acids is 1. The second-order valence-electron chi connectivity index (χ2n) is 7.11. The van der Waals surface area contributed by atoms with Gasteiger partial charge in [-0.15, -0.1) is 17.3 Å². The lowest BCUT2D eigenvalue weighted by Gasteiger charge is -2.27. The van der Waals surface area contributed by atoms with E-state index in [9.17, 15) is 14.7 Å². The molecule has 3 N–H and O–H groups in total. The molecule has 0 atom stereocenters. The molecule has 34 heavy (non-hydrogen) atoms. The molecule has 0 radical (unpaired) electrons. The van der Waals surface area contributed by atoms with Crippen LogP contribution in [0.3, 0.4) is 0 Å². The molecule has 4 heterocycles. The molecule has 176 valence electrons. The van der Waals surface area contributed by atoms with E-state index in [-0.39, 0.29) is 18.8 Å². The third-order valence-corrected chi connectivity index (χ3v) is 6.00. The van der Waals surface area contributed by atoms with Crippen LogP contribution in [0.5, 0.6) is 0 Å². The Kier molecular flexibility index (Phi) is 7.36. The number of anilines is 1. The highest BCUT2D eigenvalue weighted by Crippen LogP contribution is 2.40. The quantitative estimate of drug-likeness (QED) is 0.433. The fraction of sp³-hybridized carbons (Fsp3) is 0.318. The average molecular weight is 483 g/mol. The Hall–Kier alpha value is -3.95. The molecule has 4 rings (SSSR count). The van der Waals surface area contributed by atoms with Crippen LogP contribution in [0.4, 0.5) is 10.6 Å². The Bertz CT molecular complexity index is 1240. The highest BCUT2D eigenvalue weighted by molar-refractivity contribution is 7.19. The Morgan fingerprint density at radius 1 is 1.38 bits per heavy atom. The van der Waals surface area contributed by atoms with Crippen LogP contribution in [0.2, 0.25) is 0 Å². The minimum Gasteiger partial charge on any atom is -0.476 e. The molecule has 0 aliphatic carbocycles. The predicted octanol–water partition coefficient (Wildman–Crippen LogP) is 2.38. The van der Waals surface area contributed by atoms with Gasteiger partial charge in [0.1, 0.15) is 16.5 Å². The third-order valence-electron chi connectivity index (χ3n) is 4.90. The van der Waals surface area contributed by atoms with Crippen molar-refractivity contribution >= 4 is 29.2 Å². The Labute approximate surface area is 199 Å². The molecular weight excluding hydrogens is 460 g/mol. The molecule has 0 unspecified atom stereocenters. The van der Waals surface area contributed by atoms with Crippen LogP contribution in [-0.4, -0.2) is 70.2 Å². The number of ether oxygens (including phenoxy) is 2. The number of rotatable bonds is 7. The summed E-state index contributed by atoms with van der Waals surface area (Å²) in [6.45, 7) is 4.33. The van der Waals surface area contributed by atoms with E-state index < -0.39 is 12.1 Å². The van der Waals surface area contributed by atoms with Crippen molar-refractivity contribution in [1.29, 1.82) is 0 Å². The number of pyridine rings is 1. The number of amides is 1. The van der Waals surface area contributed by atoms with Crippen LogP contribution in [0.15, 0.2) is 24.4 Å². The SMILES string of the molecule is CC#CCOC(=O)NCc1cc(-c2sc(-c3cccnc3C(=O)O)nc2N2CCOCC2)n[nH]1. The van der Waals surface area contributed by atoms with Crippen molar-refractivity contribution in [2.24, 2.45) is 0 Å². The van der Waals surface area contributed by atoms with E-state index in [0.29, 0.717) is 54.1 Å². The third kappa shape index (κ3) is 5.33. The van der Waals surface area contributed by atoms with Crippen LogP contribution in [-0.2, 0) is 16.0 Å². The van der Waals surface area contributed by atoms with Crippen molar-refractivity contribution < 1.29 is 24.2 Å². The van der Waals surface area contributed by atoms with Gasteiger partial charge in [-0.3, -0.25) is 5.10 Å². The van der Waals surface area contributed by atoms with Gasteiger partial charge in [0.25, 0.3) is 0 Å². The molecule has 0 spiro atoms. The van der Waals surface area contributed by atoms with Gasteiger partial charge in [-0.05, 0) is 25.1 Å². The second kappa shape index (κ2) is 10.8. The number of carboxylic acids is 1. The molecule has 1 fully saturated rings. The smallest absolute Gasteiger partial charge is 0.408 e. The molecule has 1 aliphatic heterocycles. The van der Waals surface area contributed by atoms with Gasteiger partial charge in [0.15, 0.2) is 12.3 Å². The van der Waals surface area contributed by atoms with E-state index in [0.717, 1.165) is 4.88 Å². The summed E-state index contributed by atoms with van der Waals surface area (Å²) in [5, 5.41) is 20.1. The maximum atomic E-state index is 11.8. The molecule has 1 aliphatic rings. The van der Waals surface area contributed by atoms with Crippen molar-refractivity contribution in [3.05, 3.63) is 35.8 Å². The van der Waals surface area contributed by atoms with Crippen LogP contribution >= 0.6 is 11.3 Å². The normalized spacial score (nSPS) is 13.1. The first-order valence-corrected chi connectivity index (χ1v) is 11.3. The summed E-state index contributed by atoms with van der Waals surface area (Å²) >= 11 is 1.34. The maximum Gasteiger partial charge on any atom is 0.408 e. The van der Waals surface area contributed by atoms with Gasteiger partial charge in [0.05, 0.1) is 30.3 Å². The summed E-state index contributed by atoms with van der Waals surface area (Å²) in [6.07, 6.45) is 0.864. The van der Waals surface area contributed by atoms with Gasteiger partial charge in [-0.2, -0.15) is 5.10 Å². The van der Waals surface area contributed by atoms with Crippen LogP contribution in [0.25, 0.3) is 21.1 Å².